The van der Waals surface area contributed by atoms with E-state index in [1.807, 2.05) is 0 Å². The van der Waals surface area contributed by atoms with Gasteiger partial charge in [-0.25, -0.2) is 9.59 Å². The minimum absolute atomic E-state index is 0.830. The first-order valence-corrected chi connectivity index (χ1v) is 43.3. The molecule has 0 aromatic rings. The number of hydrogen-bond acceptors (Lipinski definition) is 54. The van der Waals surface area contributed by atoms with Gasteiger partial charge < -0.3 is 270 Å². The maximum atomic E-state index is 13.8. The van der Waals surface area contributed by atoms with Crippen molar-refractivity contribution >= 4 is 41.5 Å². The molecule has 0 radical (unpaired) electrons. The molecule has 35 N–H and O–H groups in total. The predicted molar refractivity (Wildman–Crippen MR) is 421 cm³/mol. The smallest absolute Gasteiger partial charge is 0.364 e. The molecule has 10 aliphatic heterocycles. The Balaban J connectivity index is 0.923. The summed E-state index contributed by atoms with van der Waals surface area (Å²) >= 11 is 0. The molecule has 10 heterocycles. The lowest BCUT2D eigenvalue weighted by Crippen LogP contribution is -2.72. The molecule has 0 aromatic carbocycles. The van der Waals surface area contributed by atoms with Crippen LogP contribution in [-0.4, -0.2) is 572 Å². The Kier molecular flexibility index (Phi) is 40.1. The normalized spacial score (nSPS) is 46.4. The summed E-state index contributed by atoms with van der Waals surface area (Å²) in [7, 11) is 0. The minimum Gasteiger partial charge on any atom is -0.477 e. The fourth-order valence-electron chi connectivity index (χ4n) is 17.6. The van der Waals surface area contributed by atoms with Gasteiger partial charge in [0.2, 0.25) is 29.5 Å². The maximum absolute atomic E-state index is 13.8. The first-order chi connectivity index (χ1) is 64.4. The Labute approximate surface area is 774 Å². The van der Waals surface area contributed by atoms with Gasteiger partial charge in [0.1, 0.15) is 226 Å². The highest BCUT2D eigenvalue weighted by molar-refractivity contribution is 5.78. The second-order valence-electron chi connectivity index (χ2n) is 34.6. The Morgan fingerprint density at radius 3 is 1.16 bits per heavy atom. The number of aliphatic hydroxyl groups excluding tert-OH is 28. The molecule has 0 saturated carbocycles. The standard InChI is InChI=1S/C76H125N5O56/c1-18-40(97)50(107)53(110)68(121-18)120-17-34-59(47(104)37(65(114)122-34)79-21(4)91)129-66-38(80-22(5)92)48(105)57(31(14-87)126-66)130-70-55(112)62(46(103)33(128-70)16-119-69-54(111)51(108)42(99)27(10-83)123-69)132-72-64(52(109)43(100)28(11-84)125-72)133-67-39(81-23(6)93)49(106)58(32(15-88)127-67)131-71-56(113)63(44(101)29(12-85)124-71)137-76(74(117)118)8-25(95)36(78-20(3)90)61(136-76)45(102)30(13-86)134-75(73(115)116)7-24(94)35(77-19(2)89)60(135-75)41(98)26(96)9-82/h18,24-72,82-88,94-114H,7-17H2,1-6H3,(H,77,89)(H,78,90)(H,79,91)(H,80,92)(H,81,93)(H,115,116)(H,117,118)/t18-,24+,25+,26-,27-,28-,29-,30-,31-,32-,33-,34-,35-,36-,37-,38-,39-,40+,41-,42-,43-,44+,45-,46-,47-,48-,49-,50+,51+,52+,53-,54+,55+,56-,57-,58-,59-,60-,61-,62+,63+,64+,65-,66+,67+,68-,69+,70-,71+,72+,75-,76+/m1/s1. The van der Waals surface area contributed by atoms with Crippen LogP contribution in [0.4, 0.5) is 0 Å². The summed E-state index contributed by atoms with van der Waals surface area (Å²) in [6.07, 6.45) is -103. The summed E-state index contributed by atoms with van der Waals surface area (Å²) in [6.45, 7) is -5.27. The second kappa shape index (κ2) is 48.4. The van der Waals surface area contributed by atoms with Gasteiger partial charge in [-0.3, -0.25) is 24.0 Å². The van der Waals surface area contributed by atoms with E-state index in [1.54, 1.807) is 0 Å². The van der Waals surface area contributed by atoms with Crippen molar-refractivity contribution in [2.45, 2.75) is 372 Å². The lowest BCUT2D eigenvalue weighted by atomic mass is 9.87. The van der Waals surface area contributed by atoms with Crippen molar-refractivity contribution in [2.75, 3.05) is 59.5 Å². The summed E-state index contributed by atoms with van der Waals surface area (Å²) in [5, 5.41) is 349. The molecule has 52 atom stereocenters. The molecule has 0 bridgehead atoms. The Hall–Kier alpha value is -5.59. The van der Waals surface area contributed by atoms with E-state index < -0.39 is 432 Å². The SMILES string of the molecule is CC(=O)N[C@@H]1[C@@H](O)[C@H](O[C@@H]2O[C@H](CO)[C@@H](O[C@H]3O[C@H](CO[C@H]4O[C@H](CO)[C@@H](O)[C@H](O)[C@@H]4O)[C@@H](O)[C@H](O[C@@H]4O[C@H](CO)[C@@H](O)[C@H](O)[C@@H]4O[C@@H]4O[C@H](CO)[C@@H](O[C@@H]5O[C@H](CO)[C@H](O)[C@H](O[C@]6(C(=O)O)C[C@H](O)[C@@H](NC(C)=O)[C@H]([C@H](O)[C@@H](CO)O[C@]7(C(=O)O)C[C@H](O)[C@@H](NC(C)=O)[C@H]([C@H](O)[C@H](O)CO)O7)O6)[C@H]5O)[C@H](O)[C@H]4NC(C)=O)[C@@H]3O)[C@H](O)[C@H]2NC(C)=O)[C@@H](CO[C@@H]2O[C@H](C)[C@H](O)[C@H](O)[C@H]2O)O[C@H]1O. The number of ether oxygens (including phenoxy) is 19. The van der Waals surface area contributed by atoms with Gasteiger partial charge in [-0.05, 0) is 6.92 Å². The van der Waals surface area contributed by atoms with Crippen LogP contribution in [0.25, 0.3) is 0 Å². The molecule has 0 aromatic heterocycles. The summed E-state index contributed by atoms with van der Waals surface area (Å²) in [5.41, 5.74) is 0. The van der Waals surface area contributed by atoms with E-state index >= 15 is 0 Å². The number of hydrogen-bond donors (Lipinski definition) is 35. The van der Waals surface area contributed by atoms with Crippen LogP contribution in [0.3, 0.4) is 0 Å². The molecule has 10 rings (SSSR count). The molecule has 10 aliphatic rings. The van der Waals surface area contributed by atoms with Crippen LogP contribution in [0, 0.1) is 0 Å². The van der Waals surface area contributed by atoms with E-state index in [4.69, 9.17) is 90.0 Å². The third-order valence-corrected chi connectivity index (χ3v) is 24.8. The third kappa shape index (κ3) is 25.1. The number of aliphatic carboxylic acids is 2. The fourth-order valence-corrected chi connectivity index (χ4v) is 17.6. The molecular weight excluding hydrogens is 1880 g/mol. The van der Waals surface area contributed by atoms with E-state index in [0.717, 1.165) is 34.6 Å². The average Bonchev–Trinajstić information content (AvgIpc) is 0.752. The van der Waals surface area contributed by atoms with Gasteiger partial charge in [-0.2, -0.15) is 0 Å². The van der Waals surface area contributed by atoms with E-state index in [0.29, 0.717) is 0 Å². The van der Waals surface area contributed by atoms with Gasteiger partial charge in [-0.15, -0.1) is 0 Å². The topological polar surface area (TPSA) is 962 Å². The molecule has 10 fully saturated rings. The fraction of sp³-hybridized carbons (Fsp3) is 0.908. The zero-order chi connectivity index (χ0) is 102. The summed E-state index contributed by atoms with van der Waals surface area (Å²) < 4.78 is 112. The number of carbonyl (C=O) groups is 7. The number of carbonyl (C=O) groups excluding carboxylic acids is 5. The number of amides is 5. The van der Waals surface area contributed by atoms with Gasteiger partial charge >= 0.3 is 11.9 Å². The van der Waals surface area contributed by atoms with Crippen LogP contribution >= 0.6 is 0 Å². The third-order valence-electron chi connectivity index (χ3n) is 24.8. The van der Waals surface area contributed by atoms with Crippen molar-refractivity contribution < 1.29 is 277 Å². The zero-order valence-electron chi connectivity index (χ0n) is 73.7. The van der Waals surface area contributed by atoms with Gasteiger partial charge in [0.25, 0.3) is 11.6 Å². The van der Waals surface area contributed by atoms with Crippen LogP contribution in [0.2, 0.25) is 0 Å². The molecule has 0 spiro atoms. The number of carboxylic acid groups (broad SMARTS) is 2. The Bertz CT molecular complexity index is 3910. The number of rotatable bonds is 38. The lowest BCUT2D eigenvalue weighted by molar-refractivity contribution is -0.400. The van der Waals surface area contributed by atoms with Gasteiger partial charge in [0, 0.05) is 47.5 Å². The highest BCUT2D eigenvalue weighted by atomic mass is 16.8. The van der Waals surface area contributed by atoms with E-state index in [2.05, 4.69) is 26.6 Å². The molecule has 61 nitrogen and oxygen atoms in total. The molecule has 137 heavy (non-hydrogen) atoms. The van der Waals surface area contributed by atoms with E-state index in [-0.39, 0.29) is 0 Å². The average molecular weight is 2000 g/mol. The van der Waals surface area contributed by atoms with Crippen LogP contribution in [-0.2, 0) is 124 Å². The van der Waals surface area contributed by atoms with Crippen LogP contribution in [0.5, 0.6) is 0 Å². The first-order valence-electron chi connectivity index (χ1n) is 43.3. The Morgan fingerprint density at radius 2 is 0.686 bits per heavy atom. The largest absolute Gasteiger partial charge is 0.477 e. The van der Waals surface area contributed by atoms with E-state index in [9.17, 15) is 187 Å². The van der Waals surface area contributed by atoms with Crippen LogP contribution in [0.15, 0.2) is 0 Å². The van der Waals surface area contributed by atoms with Crippen molar-refractivity contribution in [1.82, 2.24) is 26.6 Å². The highest BCUT2D eigenvalue weighted by Gasteiger charge is 2.66. The lowest BCUT2D eigenvalue weighted by Gasteiger charge is -2.52. The number of nitrogens with one attached hydrogen (secondary N) is 5. The van der Waals surface area contributed by atoms with Crippen molar-refractivity contribution in [3.63, 3.8) is 0 Å². The first kappa shape index (κ1) is 113. The Morgan fingerprint density at radius 1 is 0.328 bits per heavy atom. The van der Waals surface area contributed by atoms with Gasteiger partial charge in [0.15, 0.2) is 50.3 Å². The van der Waals surface area contributed by atoms with E-state index in [1.165, 1.54) is 6.92 Å². The van der Waals surface area contributed by atoms with Crippen molar-refractivity contribution in [3.05, 3.63) is 0 Å². The summed E-state index contributed by atoms with van der Waals surface area (Å²) in [5.74, 6) is -16.5. The number of aliphatic hydroxyl groups is 28. The molecular formula is C76H125N5O56. The van der Waals surface area contributed by atoms with Gasteiger partial charge in [-0.1, -0.05) is 0 Å². The summed E-state index contributed by atoms with van der Waals surface area (Å²) in [4.78, 5) is 91.1. The molecule has 5 amide bonds. The van der Waals surface area contributed by atoms with Crippen LogP contribution in [0.1, 0.15) is 54.4 Å². The molecule has 10 saturated heterocycles. The second-order valence-corrected chi connectivity index (χ2v) is 34.6. The number of carboxylic acids is 2. The van der Waals surface area contributed by atoms with Crippen LogP contribution < -0.4 is 26.6 Å². The summed E-state index contributed by atoms with van der Waals surface area (Å²) in [6, 6.07) is -9.86. The maximum Gasteiger partial charge on any atom is 0.364 e. The monoisotopic (exact) mass is 2000 g/mol. The van der Waals surface area contributed by atoms with Gasteiger partial charge in [0.05, 0.1) is 89.9 Å². The van der Waals surface area contributed by atoms with Crippen molar-refractivity contribution in [3.8, 4) is 0 Å². The molecule has 0 unspecified atom stereocenters. The van der Waals surface area contributed by atoms with Crippen molar-refractivity contribution in [1.29, 1.82) is 0 Å². The predicted octanol–water partition coefficient (Wildman–Crippen LogP) is -22.6. The quantitative estimate of drug-likeness (QED) is 0.0273. The minimum atomic E-state index is -3.61. The zero-order valence-corrected chi connectivity index (χ0v) is 73.7. The molecule has 790 valence electrons. The van der Waals surface area contributed by atoms with Crippen molar-refractivity contribution in [2.24, 2.45) is 0 Å². The molecule has 61 heteroatoms. The molecule has 0 aliphatic carbocycles. The highest BCUT2D eigenvalue weighted by Crippen LogP contribution is 2.44.